The second kappa shape index (κ2) is 4.99. The van der Waals surface area contributed by atoms with Crippen molar-refractivity contribution in [3.63, 3.8) is 0 Å². The average Bonchev–Trinajstić information content (AvgIpc) is 2.78. The summed E-state index contributed by atoms with van der Waals surface area (Å²) in [4.78, 5) is 8.53. The smallest absolute Gasteiger partial charge is 0.266 e. The van der Waals surface area contributed by atoms with Crippen molar-refractivity contribution in [2.75, 3.05) is 38.1 Å². The molecule has 2 unspecified atom stereocenters. The molecular formula is C10H19N5O2. The van der Waals surface area contributed by atoms with Gasteiger partial charge in [0.15, 0.2) is 0 Å². The van der Waals surface area contributed by atoms with Crippen LogP contribution >= 0.6 is 0 Å². The molecule has 1 aromatic rings. The highest BCUT2D eigenvalue weighted by Crippen LogP contribution is 2.17. The zero-order valence-electron chi connectivity index (χ0n) is 10.2. The van der Waals surface area contributed by atoms with Gasteiger partial charge >= 0.3 is 0 Å². The van der Waals surface area contributed by atoms with Crippen molar-refractivity contribution in [1.29, 1.82) is 0 Å². The van der Waals surface area contributed by atoms with Gasteiger partial charge in [0, 0.05) is 26.2 Å². The lowest BCUT2D eigenvalue weighted by molar-refractivity contribution is 0.146. The number of aromatic nitrogens is 2. The number of likely N-dealkylation sites (N-methyl/N-ethyl adjacent to an activating group) is 1. The molecule has 1 aromatic heterocycles. The van der Waals surface area contributed by atoms with E-state index in [1.54, 1.807) is 6.92 Å². The van der Waals surface area contributed by atoms with Gasteiger partial charge in [0.05, 0.1) is 6.10 Å². The van der Waals surface area contributed by atoms with Gasteiger partial charge in [-0.3, -0.25) is 0 Å². The normalized spacial score (nSPS) is 21.5. The molecule has 0 aliphatic carbocycles. The highest BCUT2D eigenvalue weighted by atomic mass is 16.5. The van der Waals surface area contributed by atoms with Gasteiger partial charge in [0.1, 0.15) is 6.04 Å². The van der Waals surface area contributed by atoms with E-state index in [1.165, 1.54) is 0 Å². The summed E-state index contributed by atoms with van der Waals surface area (Å²) in [6, 6.07) is -0.622. The monoisotopic (exact) mass is 241 g/mol. The summed E-state index contributed by atoms with van der Waals surface area (Å²) < 4.78 is 5.07. The molecule has 0 amide bonds. The summed E-state index contributed by atoms with van der Waals surface area (Å²) in [5.41, 5.74) is 5.73. The summed E-state index contributed by atoms with van der Waals surface area (Å²) in [6.07, 6.45) is -0.698. The third-order valence-electron chi connectivity index (χ3n) is 3.02. The molecule has 7 nitrogen and oxygen atoms in total. The molecule has 1 saturated heterocycles. The van der Waals surface area contributed by atoms with E-state index in [1.807, 2.05) is 0 Å². The van der Waals surface area contributed by atoms with Crippen molar-refractivity contribution in [3.05, 3.63) is 5.89 Å². The third-order valence-corrected chi connectivity index (χ3v) is 3.02. The van der Waals surface area contributed by atoms with Gasteiger partial charge in [-0.25, -0.2) is 0 Å². The van der Waals surface area contributed by atoms with Gasteiger partial charge in [0.25, 0.3) is 5.95 Å². The number of hydrogen-bond acceptors (Lipinski definition) is 7. The number of anilines is 1. The number of aliphatic hydroxyl groups is 1. The Kier molecular flexibility index (Phi) is 3.60. The lowest BCUT2D eigenvalue weighted by Crippen LogP contribution is -2.45. The van der Waals surface area contributed by atoms with Crippen LogP contribution in [0.15, 0.2) is 4.52 Å². The second-order valence-electron chi connectivity index (χ2n) is 4.49. The first-order valence-electron chi connectivity index (χ1n) is 5.78. The third kappa shape index (κ3) is 2.74. The summed E-state index contributed by atoms with van der Waals surface area (Å²) >= 11 is 0. The highest BCUT2D eigenvalue weighted by molar-refractivity contribution is 5.29. The van der Waals surface area contributed by atoms with Crippen LogP contribution in [0.2, 0.25) is 0 Å². The quantitative estimate of drug-likeness (QED) is 0.716. The molecule has 0 bridgehead atoms. The summed E-state index contributed by atoms with van der Waals surface area (Å²) in [6.45, 7) is 5.31. The minimum absolute atomic E-state index is 0.286. The van der Waals surface area contributed by atoms with Crippen molar-refractivity contribution in [3.8, 4) is 0 Å². The number of rotatable bonds is 3. The lowest BCUT2D eigenvalue weighted by Gasteiger charge is -2.31. The fourth-order valence-corrected chi connectivity index (χ4v) is 1.70. The molecular weight excluding hydrogens is 222 g/mol. The maximum absolute atomic E-state index is 9.36. The van der Waals surface area contributed by atoms with Gasteiger partial charge in [-0.15, -0.1) is 0 Å². The molecule has 3 N–H and O–H groups in total. The molecule has 2 rings (SSSR count). The Labute approximate surface area is 100 Å². The molecule has 17 heavy (non-hydrogen) atoms. The van der Waals surface area contributed by atoms with Crippen LogP contribution in [0.5, 0.6) is 0 Å². The van der Waals surface area contributed by atoms with E-state index < -0.39 is 12.1 Å². The minimum Gasteiger partial charge on any atom is -0.391 e. The van der Waals surface area contributed by atoms with Crippen molar-refractivity contribution in [2.24, 2.45) is 5.73 Å². The van der Waals surface area contributed by atoms with Crippen LogP contribution in [0.25, 0.3) is 0 Å². The molecule has 2 heterocycles. The number of piperazine rings is 1. The van der Waals surface area contributed by atoms with E-state index >= 15 is 0 Å². The first-order chi connectivity index (χ1) is 8.08. The van der Waals surface area contributed by atoms with Crippen LogP contribution in [0.4, 0.5) is 5.95 Å². The molecule has 0 saturated carbocycles. The Bertz CT molecular complexity index is 359. The van der Waals surface area contributed by atoms with Crippen LogP contribution in [0, 0.1) is 0 Å². The number of aliphatic hydroxyl groups excluding tert-OH is 1. The van der Waals surface area contributed by atoms with E-state index in [9.17, 15) is 5.11 Å². The maximum Gasteiger partial charge on any atom is 0.266 e. The number of nitrogens with zero attached hydrogens (tertiary/aromatic N) is 4. The van der Waals surface area contributed by atoms with E-state index in [0.717, 1.165) is 26.2 Å². The molecule has 2 atom stereocenters. The van der Waals surface area contributed by atoms with Gasteiger partial charge < -0.3 is 25.2 Å². The van der Waals surface area contributed by atoms with Crippen molar-refractivity contribution in [2.45, 2.75) is 19.1 Å². The van der Waals surface area contributed by atoms with E-state index in [2.05, 4.69) is 27.0 Å². The SMILES string of the molecule is CC(O)C(N)c1nc(N2CCN(C)CC2)no1. The first kappa shape index (κ1) is 12.3. The van der Waals surface area contributed by atoms with Crippen LogP contribution in [0.1, 0.15) is 18.9 Å². The molecule has 1 fully saturated rings. The summed E-state index contributed by atoms with van der Waals surface area (Å²) in [5.74, 6) is 0.845. The fourth-order valence-electron chi connectivity index (χ4n) is 1.70. The fraction of sp³-hybridized carbons (Fsp3) is 0.800. The van der Waals surface area contributed by atoms with E-state index in [4.69, 9.17) is 10.3 Å². The van der Waals surface area contributed by atoms with Gasteiger partial charge in [-0.2, -0.15) is 4.98 Å². The maximum atomic E-state index is 9.36. The molecule has 7 heteroatoms. The van der Waals surface area contributed by atoms with Crippen molar-refractivity contribution < 1.29 is 9.63 Å². The summed E-state index contributed by atoms with van der Waals surface area (Å²) in [7, 11) is 2.09. The van der Waals surface area contributed by atoms with Gasteiger partial charge in [0.2, 0.25) is 5.89 Å². The van der Waals surface area contributed by atoms with E-state index in [0.29, 0.717) is 5.95 Å². The zero-order valence-corrected chi connectivity index (χ0v) is 10.2. The predicted molar refractivity (Wildman–Crippen MR) is 62.6 cm³/mol. The topological polar surface area (TPSA) is 91.7 Å². The Hall–Kier alpha value is -1.18. The minimum atomic E-state index is -0.698. The Balaban J connectivity index is 2.03. The zero-order chi connectivity index (χ0) is 12.4. The average molecular weight is 241 g/mol. The van der Waals surface area contributed by atoms with Gasteiger partial charge in [-0.05, 0) is 19.1 Å². The molecule has 96 valence electrons. The van der Waals surface area contributed by atoms with Crippen LogP contribution < -0.4 is 10.6 Å². The number of hydrogen-bond donors (Lipinski definition) is 2. The molecule has 1 aliphatic rings. The van der Waals surface area contributed by atoms with Crippen molar-refractivity contribution in [1.82, 2.24) is 15.0 Å². The van der Waals surface area contributed by atoms with Crippen LogP contribution in [0.3, 0.4) is 0 Å². The Morgan fingerprint density at radius 3 is 2.59 bits per heavy atom. The van der Waals surface area contributed by atoms with Crippen molar-refractivity contribution >= 4 is 5.95 Å². The Morgan fingerprint density at radius 2 is 2.00 bits per heavy atom. The van der Waals surface area contributed by atoms with Crippen LogP contribution in [-0.4, -0.2) is 59.5 Å². The van der Waals surface area contributed by atoms with Crippen LogP contribution in [-0.2, 0) is 0 Å². The Morgan fingerprint density at radius 1 is 1.35 bits per heavy atom. The first-order valence-corrected chi connectivity index (χ1v) is 5.78. The predicted octanol–water partition coefficient (Wildman–Crippen LogP) is -0.798. The summed E-state index contributed by atoms with van der Waals surface area (Å²) in [5, 5.41) is 13.3. The standard InChI is InChI=1S/C10H19N5O2/c1-7(16)8(11)9-12-10(13-17-9)15-5-3-14(2)4-6-15/h7-8,16H,3-6,11H2,1-2H3. The lowest BCUT2D eigenvalue weighted by atomic mass is 10.2. The van der Waals surface area contributed by atoms with Gasteiger partial charge in [-0.1, -0.05) is 0 Å². The molecule has 0 spiro atoms. The second-order valence-corrected chi connectivity index (χ2v) is 4.49. The van der Waals surface area contributed by atoms with E-state index in [-0.39, 0.29) is 5.89 Å². The largest absolute Gasteiger partial charge is 0.391 e. The highest BCUT2D eigenvalue weighted by Gasteiger charge is 2.23. The molecule has 0 radical (unpaired) electrons. The molecule has 1 aliphatic heterocycles. The molecule has 0 aromatic carbocycles. The number of nitrogens with two attached hydrogens (primary N) is 1.